The first-order chi connectivity index (χ1) is 32.7. The van der Waals surface area contributed by atoms with E-state index in [9.17, 15) is 0 Å². The van der Waals surface area contributed by atoms with Gasteiger partial charge in [-0.25, -0.2) is 9.97 Å². The van der Waals surface area contributed by atoms with E-state index in [4.69, 9.17) is 9.97 Å². The largest absolute Gasteiger partial charge is 0.309 e. The number of hydrogen-bond donors (Lipinski definition) is 0. The van der Waals surface area contributed by atoms with Crippen LogP contribution in [0.2, 0.25) is 0 Å². The minimum Gasteiger partial charge on any atom is -0.309 e. The lowest BCUT2D eigenvalue weighted by Crippen LogP contribution is -2.26. The summed E-state index contributed by atoms with van der Waals surface area (Å²) in [6.07, 6.45) is 0. The zero-order chi connectivity index (χ0) is 43.3. The van der Waals surface area contributed by atoms with Crippen LogP contribution in [0.25, 0.3) is 106 Å². The van der Waals surface area contributed by atoms with Crippen LogP contribution in [0.3, 0.4) is 0 Å². The quantitative estimate of drug-likeness (QED) is 0.173. The zero-order valence-electron chi connectivity index (χ0n) is 35.9. The van der Waals surface area contributed by atoms with Crippen LogP contribution in [0, 0.1) is 0 Å². The summed E-state index contributed by atoms with van der Waals surface area (Å²) in [5, 5.41) is 4.98. The molecule has 2 aliphatic carbocycles. The van der Waals surface area contributed by atoms with Crippen molar-refractivity contribution in [2.75, 3.05) is 0 Å². The van der Waals surface area contributed by atoms with Gasteiger partial charge in [0.1, 0.15) is 0 Å². The molecule has 2 heterocycles. The third-order valence-electron chi connectivity index (χ3n) is 14.2. The van der Waals surface area contributed by atoms with Crippen molar-refractivity contribution in [3.05, 3.63) is 259 Å². The maximum Gasteiger partial charge on any atom is 0.160 e. The van der Waals surface area contributed by atoms with Crippen LogP contribution in [-0.2, 0) is 5.41 Å². The molecule has 0 amide bonds. The summed E-state index contributed by atoms with van der Waals surface area (Å²) < 4.78 is 2.35. The van der Waals surface area contributed by atoms with Crippen molar-refractivity contribution in [1.29, 1.82) is 0 Å². The van der Waals surface area contributed by atoms with E-state index >= 15 is 0 Å². The van der Waals surface area contributed by atoms with Gasteiger partial charge in [0, 0.05) is 33.2 Å². The average molecular weight is 838 g/mol. The predicted octanol–water partition coefficient (Wildman–Crippen LogP) is 15.7. The third-order valence-corrected chi connectivity index (χ3v) is 14.2. The fraction of sp³-hybridized carbons (Fsp3) is 0.0159. The summed E-state index contributed by atoms with van der Waals surface area (Å²) >= 11 is 0. The Kier molecular flexibility index (Phi) is 7.90. The first-order valence-electron chi connectivity index (χ1n) is 22.7. The molecule has 306 valence electrons. The Morgan fingerprint density at radius 2 is 0.848 bits per heavy atom. The highest BCUT2D eigenvalue weighted by Crippen LogP contribution is 2.65. The zero-order valence-corrected chi connectivity index (χ0v) is 35.9. The molecule has 1 spiro atoms. The summed E-state index contributed by atoms with van der Waals surface area (Å²) in [5.41, 5.74) is 20.7. The molecule has 0 bridgehead atoms. The van der Waals surface area contributed by atoms with Gasteiger partial charge in [0.2, 0.25) is 0 Å². The van der Waals surface area contributed by atoms with Crippen molar-refractivity contribution in [2.24, 2.45) is 0 Å². The molecule has 10 aromatic carbocycles. The van der Waals surface area contributed by atoms with Gasteiger partial charge >= 0.3 is 0 Å². The monoisotopic (exact) mass is 837 g/mol. The molecule has 0 radical (unpaired) electrons. The van der Waals surface area contributed by atoms with Crippen LogP contribution in [0.1, 0.15) is 22.3 Å². The fourth-order valence-electron chi connectivity index (χ4n) is 11.5. The van der Waals surface area contributed by atoms with Crippen LogP contribution in [0.4, 0.5) is 0 Å². The summed E-state index contributed by atoms with van der Waals surface area (Å²) in [5.74, 6) is 0.681. The molecule has 0 atom stereocenters. The molecule has 3 heteroatoms. The molecule has 0 unspecified atom stereocenters. The first-order valence-corrected chi connectivity index (χ1v) is 22.7. The molecular formula is C63H39N3. The van der Waals surface area contributed by atoms with E-state index in [2.05, 4.69) is 241 Å². The summed E-state index contributed by atoms with van der Waals surface area (Å²) in [4.78, 5) is 10.7. The van der Waals surface area contributed by atoms with E-state index in [1.165, 1.54) is 82.6 Å². The van der Waals surface area contributed by atoms with Crippen LogP contribution >= 0.6 is 0 Å². The van der Waals surface area contributed by atoms with Gasteiger partial charge in [-0.2, -0.15) is 0 Å². The molecule has 66 heavy (non-hydrogen) atoms. The van der Waals surface area contributed by atoms with Crippen molar-refractivity contribution in [3.8, 4) is 73.0 Å². The van der Waals surface area contributed by atoms with Gasteiger partial charge in [0.15, 0.2) is 5.82 Å². The molecule has 0 N–H and O–H groups in total. The first kappa shape index (κ1) is 36.8. The highest BCUT2D eigenvalue weighted by molar-refractivity contribution is 6.10. The number of para-hydroxylation sites is 2. The van der Waals surface area contributed by atoms with Gasteiger partial charge in [0.25, 0.3) is 0 Å². The summed E-state index contributed by atoms with van der Waals surface area (Å²) in [7, 11) is 0. The second kappa shape index (κ2) is 14.2. The van der Waals surface area contributed by atoms with E-state index in [0.717, 1.165) is 39.3 Å². The molecule has 14 rings (SSSR count). The van der Waals surface area contributed by atoms with Gasteiger partial charge in [-0.15, -0.1) is 0 Å². The Balaban J connectivity index is 0.978. The third kappa shape index (κ3) is 5.20. The Hall–Kier alpha value is -8.66. The topological polar surface area (TPSA) is 30.7 Å². The Labute approximate surface area is 382 Å². The molecule has 0 fully saturated rings. The normalized spacial score (nSPS) is 13.0. The maximum absolute atomic E-state index is 5.43. The van der Waals surface area contributed by atoms with Gasteiger partial charge in [0.05, 0.1) is 27.8 Å². The van der Waals surface area contributed by atoms with E-state index in [1.54, 1.807) is 0 Å². The van der Waals surface area contributed by atoms with Crippen LogP contribution < -0.4 is 0 Å². The molecule has 2 aromatic heterocycles. The second-order valence-electron chi connectivity index (χ2n) is 17.6. The van der Waals surface area contributed by atoms with Crippen LogP contribution in [0.15, 0.2) is 237 Å². The molecule has 0 saturated carbocycles. The number of aromatic nitrogens is 3. The highest BCUT2D eigenvalue weighted by Gasteiger charge is 2.53. The van der Waals surface area contributed by atoms with E-state index in [-0.39, 0.29) is 0 Å². The Morgan fingerprint density at radius 1 is 0.333 bits per heavy atom. The van der Waals surface area contributed by atoms with Crippen molar-refractivity contribution < 1.29 is 0 Å². The molecule has 2 aliphatic rings. The summed E-state index contributed by atoms with van der Waals surface area (Å²) in [6.45, 7) is 0. The lowest BCUT2D eigenvalue weighted by Gasteiger charge is -2.31. The fourth-order valence-corrected chi connectivity index (χ4v) is 11.5. The van der Waals surface area contributed by atoms with E-state index in [0.29, 0.717) is 5.82 Å². The summed E-state index contributed by atoms with van der Waals surface area (Å²) in [6, 6.07) is 86.2. The number of rotatable bonds is 5. The van der Waals surface area contributed by atoms with Crippen LogP contribution in [-0.4, -0.2) is 14.5 Å². The molecular weight excluding hydrogens is 799 g/mol. The van der Waals surface area contributed by atoms with Crippen molar-refractivity contribution in [3.63, 3.8) is 0 Å². The molecule has 0 aliphatic heterocycles. The Bertz CT molecular complexity index is 3850. The van der Waals surface area contributed by atoms with Crippen molar-refractivity contribution >= 4 is 32.6 Å². The molecule has 12 aromatic rings. The maximum atomic E-state index is 5.43. The van der Waals surface area contributed by atoms with Crippen LogP contribution in [0.5, 0.6) is 0 Å². The van der Waals surface area contributed by atoms with Gasteiger partial charge in [-0.05, 0) is 109 Å². The number of benzene rings is 10. The standard InChI is InChI=1S/C63H39N3/c1-2-18-40(19-3-1)56-39-57(65-62(64-56)44-23-17-24-45(37-44)66-58-34-14-9-28-49(58)50-29-10-15-35-59(50)66)43-22-16-21-41(36-43)52-38-42-20-4-5-25-46(42)61-60(52)51-30-8-13-33-55(51)63(61)53-31-11-6-26-47(53)48-27-7-12-32-54(48)63/h1-39H. The van der Waals surface area contributed by atoms with Crippen molar-refractivity contribution in [1.82, 2.24) is 14.5 Å². The highest BCUT2D eigenvalue weighted by atomic mass is 15.0. The van der Waals surface area contributed by atoms with Gasteiger partial charge in [-0.1, -0.05) is 194 Å². The van der Waals surface area contributed by atoms with Gasteiger partial charge in [-0.3, -0.25) is 0 Å². The number of hydrogen-bond acceptors (Lipinski definition) is 2. The van der Waals surface area contributed by atoms with E-state index < -0.39 is 5.41 Å². The minimum absolute atomic E-state index is 0.466. The van der Waals surface area contributed by atoms with Crippen molar-refractivity contribution in [2.45, 2.75) is 5.41 Å². The van der Waals surface area contributed by atoms with Gasteiger partial charge < -0.3 is 4.57 Å². The second-order valence-corrected chi connectivity index (χ2v) is 17.6. The lowest BCUT2D eigenvalue weighted by atomic mass is 9.69. The minimum atomic E-state index is -0.466. The number of fused-ring (bicyclic) bond motifs is 15. The smallest absolute Gasteiger partial charge is 0.160 e. The average Bonchev–Trinajstić information content (AvgIpc) is 4.01. The Morgan fingerprint density at radius 3 is 1.56 bits per heavy atom. The molecule has 3 nitrogen and oxygen atoms in total. The SMILES string of the molecule is c1ccc(-c2cc(-c3cccc(-c4cc5ccccc5c5c4-c4ccccc4C54c5ccccc5-c5ccccc54)c3)nc(-c3cccc(-n4c5ccccc5c5ccccc54)c3)n2)cc1. The molecule has 0 saturated heterocycles. The predicted molar refractivity (Wildman–Crippen MR) is 272 cm³/mol. The lowest BCUT2D eigenvalue weighted by molar-refractivity contribution is 0.801. The number of nitrogens with zero attached hydrogens (tertiary/aromatic N) is 3. The van der Waals surface area contributed by atoms with E-state index in [1.807, 2.05) is 0 Å².